The molecule has 2 aromatic carbocycles. The maximum atomic E-state index is 13.8. The molecule has 0 aliphatic carbocycles. The number of rotatable bonds is 5. The van der Waals surface area contributed by atoms with Crippen molar-refractivity contribution in [3.63, 3.8) is 0 Å². The highest BCUT2D eigenvalue weighted by Crippen LogP contribution is 2.18. The largest absolute Gasteiger partial charge is 0.497 e. The van der Waals surface area contributed by atoms with E-state index in [1.54, 1.807) is 18.1 Å². The molecular weight excluding hydrogens is 335 g/mol. The molecule has 0 bridgehead atoms. The number of carbonyl (C=O) groups excluding carboxylic acids is 1. The fraction of sp³-hybridized carbons (Fsp3) is 0.350. The molecule has 1 aliphatic heterocycles. The lowest BCUT2D eigenvalue weighted by Gasteiger charge is -2.32. The van der Waals surface area contributed by atoms with Gasteiger partial charge in [0, 0.05) is 11.1 Å². The normalized spacial score (nSPS) is 15.0. The summed E-state index contributed by atoms with van der Waals surface area (Å²) >= 11 is 0. The second kappa shape index (κ2) is 8.19. The third-order valence-corrected chi connectivity index (χ3v) is 4.77. The maximum Gasteiger partial charge on any atom is 0.254 e. The molecule has 3 rings (SSSR count). The molecule has 0 unspecified atom stereocenters. The van der Waals surface area contributed by atoms with Gasteiger partial charge in [-0.2, -0.15) is 0 Å². The van der Waals surface area contributed by atoms with E-state index < -0.39 is 5.82 Å². The zero-order chi connectivity index (χ0) is 18.5. The molecule has 0 spiro atoms. The quantitative estimate of drug-likeness (QED) is 0.877. The van der Waals surface area contributed by atoms with Crippen molar-refractivity contribution in [2.24, 2.45) is 0 Å². The van der Waals surface area contributed by atoms with Gasteiger partial charge in [0.25, 0.3) is 5.91 Å². The van der Waals surface area contributed by atoms with Crippen LogP contribution in [0.5, 0.6) is 11.5 Å². The van der Waals surface area contributed by atoms with Gasteiger partial charge in [-0.05, 0) is 42.5 Å². The molecule has 0 saturated carbocycles. The van der Waals surface area contributed by atoms with Crippen LogP contribution in [-0.2, 0) is 6.54 Å². The molecule has 0 atom stereocenters. The number of piperazine rings is 1. The minimum atomic E-state index is -0.512. The molecule has 0 radical (unpaired) electrons. The number of amides is 1. The molecular formula is C20H24FN2O3+. The molecule has 2 aromatic rings. The molecule has 5 nitrogen and oxygen atoms in total. The number of methoxy groups -OCH3 is 2. The van der Waals surface area contributed by atoms with Gasteiger partial charge < -0.3 is 19.3 Å². The Morgan fingerprint density at radius 1 is 1.08 bits per heavy atom. The van der Waals surface area contributed by atoms with Crippen molar-refractivity contribution in [3.8, 4) is 11.5 Å². The topological polar surface area (TPSA) is 43.2 Å². The van der Waals surface area contributed by atoms with E-state index in [9.17, 15) is 9.18 Å². The number of quaternary nitrogens is 1. The summed E-state index contributed by atoms with van der Waals surface area (Å²) in [6.45, 7) is 3.99. The fourth-order valence-electron chi connectivity index (χ4n) is 3.22. The van der Waals surface area contributed by atoms with Crippen LogP contribution < -0.4 is 14.4 Å². The van der Waals surface area contributed by atoms with Gasteiger partial charge in [-0.25, -0.2) is 4.39 Å². The lowest BCUT2D eigenvalue weighted by Crippen LogP contribution is -3.13. The van der Waals surface area contributed by atoms with Crippen LogP contribution in [0.3, 0.4) is 0 Å². The SMILES string of the molecule is COc1ccc(C[NH+]2CCN(C(=O)c3ccc(OC)c(F)c3)CC2)cc1. The van der Waals surface area contributed by atoms with Gasteiger partial charge in [-0.3, -0.25) is 4.79 Å². The standard InChI is InChI=1S/C20H23FN2O3/c1-25-17-6-3-15(4-7-17)14-22-9-11-23(12-10-22)20(24)16-5-8-19(26-2)18(21)13-16/h3-8,13H,9-12,14H2,1-2H3/p+1. The van der Waals surface area contributed by atoms with Crippen molar-refractivity contribution in [2.75, 3.05) is 40.4 Å². The number of nitrogens with one attached hydrogen (secondary N) is 1. The van der Waals surface area contributed by atoms with Gasteiger partial charge in [-0.1, -0.05) is 0 Å². The highest BCUT2D eigenvalue weighted by molar-refractivity contribution is 5.94. The monoisotopic (exact) mass is 359 g/mol. The van der Waals surface area contributed by atoms with E-state index in [1.165, 1.54) is 29.7 Å². The molecule has 1 fully saturated rings. The molecule has 1 amide bonds. The number of carbonyl (C=O) groups is 1. The van der Waals surface area contributed by atoms with E-state index in [-0.39, 0.29) is 11.7 Å². The van der Waals surface area contributed by atoms with Crippen LogP contribution in [0, 0.1) is 5.82 Å². The van der Waals surface area contributed by atoms with Crippen molar-refractivity contribution in [3.05, 3.63) is 59.4 Å². The average molecular weight is 359 g/mol. The van der Waals surface area contributed by atoms with Gasteiger partial charge in [0.15, 0.2) is 11.6 Å². The summed E-state index contributed by atoms with van der Waals surface area (Å²) in [6.07, 6.45) is 0. The fourth-order valence-corrected chi connectivity index (χ4v) is 3.22. The predicted octanol–water partition coefficient (Wildman–Crippen LogP) is 1.38. The smallest absolute Gasteiger partial charge is 0.254 e. The highest BCUT2D eigenvalue weighted by Gasteiger charge is 2.25. The Bertz CT molecular complexity index is 756. The van der Waals surface area contributed by atoms with Gasteiger partial charge >= 0.3 is 0 Å². The first-order valence-corrected chi connectivity index (χ1v) is 8.70. The van der Waals surface area contributed by atoms with Crippen LogP contribution in [0.4, 0.5) is 4.39 Å². The molecule has 6 heteroatoms. The van der Waals surface area contributed by atoms with E-state index >= 15 is 0 Å². The number of benzene rings is 2. The second-order valence-electron chi connectivity index (χ2n) is 6.42. The Morgan fingerprint density at radius 2 is 1.77 bits per heavy atom. The Labute approximate surface area is 152 Å². The van der Waals surface area contributed by atoms with Gasteiger partial charge in [0.1, 0.15) is 12.3 Å². The minimum Gasteiger partial charge on any atom is -0.497 e. The van der Waals surface area contributed by atoms with E-state index in [0.29, 0.717) is 18.7 Å². The van der Waals surface area contributed by atoms with Crippen molar-refractivity contribution < 1.29 is 23.6 Å². The lowest BCUT2D eigenvalue weighted by atomic mass is 10.1. The summed E-state index contributed by atoms with van der Waals surface area (Å²) in [5, 5.41) is 0. The zero-order valence-electron chi connectivity index (χ0n) is 15.1. The Hall–Kier alpha value is -2.60. The Kier molecular flexibility index (Phi) is 5.73. The van der Waals surface area contributed by atoms with Gasteiger partial charge in [-0.15, -0.1) is 0 Å². The number of halogens is 1. The summed E-state index contributed by atoms with van der Waals surface area (Å²) < 4.78 is 23.9. The van der Waals surface area contributed by atoms with E-state index in [0.717, 1.165) is 25.4 Å². The maximum absolute atomic E-state index is 13.8. The van der Waals surface area contributed by atoms with Crippen LogP contribution in [0.15, 0.2) is 42.5 Å². The Morgan fingerprint density at radius 3 is 2.35 bits per heavy atom. The summed E-state index contributed by atoms with van der Waals surface area (Å²) in [5.74, 6) is 0.360. The molecule has 1 aliphatic rings. The van der Waals surface area contributed by atoms with Crippen LogP contribution in [-0.4, -0.2) is 51.2 Å². The minimum absolute atomic E-state index is 0.130. The van der Waals surface area contributed by atoms with Crippen LogP contribution in [0.25, 0.3) is 0 Å². The van der Waals surface area contributed by atoms with Gasteiger partial charge in [0.05, 0.1) is 40.4 Å². The molecule has 1 saturated heterocycles. The molecule has 1 heterocycles. The van der Waals surface area contributed by atoms with Crippen LogP contribution >= 0.6 is 0 Å². The number of ether oxygens (including phenoxy) is 2. The average Bonchev–Trinajstić information content (AvgIpc) is 2.68. The van der Waals surface area contributed by atoms with Crippen molar-refractivity contribution in [1.29, 1.82) is 0 Å². The Balaban J connectivity index is 1.55. The first kappa shape index (κ1) is 18.2. The first-order valence-electron chi connectivity index (χ1n) is 8.70. The number of hydrogen-bond acceptors (Lipinski definition) is 3. The summed E-state index contributed by atoms with van der Waals surface area (Å²) in [6, 6.07) is 12.4. The molecule has 138 valence electrons. The highest BCUT2D eigenvalue weighted by atomic mass is 19.1. The van der Waals surface area contributed by atoms with Crippen molar-refractivity contribution in [2.45, 2.75) is 6.54 Å². The van der Waals surface area contributed by atoms with Crippen molar-refractivity contribution in [1.82, 2.24) is 4.90 Å². The van der Waals surface area contributed by atoms with E-state index in [2.05, 4.69) is 12.1 Å². The predicted molar refractivity (Wildman–Crippen MR) is 96.3 cm³/mol. The summed E-state index contributed by atoms with van der Waals surface area (Å²) in [5.41, 5.74) is 1.61. The summed E-state index contributed by atoms with van der Waals surface area (Å²) in [7, 11) is 3.07. The summed E-state index contributed by atoms with van der Waals surface area (Å²) in [4.78, 5) is 15.8. The zero-order valence-corrected chi connectivity index (χ0v) is 15.1. The van der Waals surface area contributed by atoms with Crippen LogP contribution in [0.2, 0.25) is 0 Å². The van der Waals surface area contributed by atoms with E-state index in [1.807, 2.05) is 12.1 Å². The first-order chi connectivity index (χ1) is 12.6. The molecule has 0 aromatic heterocycles. The third-order valence-electron chi connectivity index (χ3n) is 4.77. The second-order valence-corrected chi connectivity index (χ2v) is 6.42. The molecule has 26 heavy (non-hydrogen) atoms. The number of nitrogens with zero attached hydrogens (tertiary/aromatic N) is 1. The lowest BCUT2D eigenvalue weighted by molar-refractivity contribution is -0.917. The van der Waals surface area contributed by atoms with Gasteiger partial charge in [0.2, 0.25) is 0 Å². The van der Waals surface area contributed by atoms with E-state index in [4.69, 9.17) is 9.47 Å². The van der Waals surface area contributed by atoms with Crippen molar-refractivity contribution >= 4 is 5.91 Å². The third kappa shape index (κ3) is 4.14. The molecule has 1 N–H and O–H groups in total. The number of hydrogen-bond donors (Lipinski definition) is 1. The van der Waals surface area contributed by atoms with Crippen LogP contribution in [0.1, 0.15) is 15.9 Å².